The Labute approximate surface area is 208 Å². The third-order valence-corrected chi connectivity index (χ3v) is 10.2. The van der Waals surface area contributed by atoms with Gasteiger partial charge in [-0.2, -0.15) is 0 Å². The van der Waals surface area contributed by atoms with Gasteiger partial charge in [0.2, 0.25) is 0 Å². The van der Waals surface area contributed by atoms with Crippen LogP contribution >= 0.6 is 0 Å². The Morgan fingerprint density at radius 2 is 1.44 bits per heavy atom. The third kappa shape index (κ3) is 3.77. The molecule has 0 fully saturated rings. The number of fused-ring (bicyclic) bond motifs is 6. The molecule has 0 radical (unpaired) electrons. The summed E-state index contributed by atoms with van der Waals surface area (Å²) in [6.07, 6.45) is 1.14. The molecule has 0 amide bonds. The molecule has 34 heavy (non-hydrogen) atoms. The van der Waals surface area contributed by atoms with Gasteiger partial charge >= 0.3 is 210 Å². The minimum atomic E-state index is -0.327. The van der Waals surface area contributed by atoms with E-state index in [1.165, 1.54) is 31.7 Å². The van der Waals surface area contributed by atoms with Crippen molar-refractivity contribution in [2.75, 3.05) is 0 Å². The molecular formula is C29H19NO2Se2. The maximum atomic E-state index is 11.0. The van der Waals surface area contributed by atoms with Crippen molar-refractivity contribution in [3.63, 3.8) is 0 Å². The summed E-state index contributed by atoms with van der Waals surface area (Å²) >= 11 is 0.914. The molecule has 7 rings (SSSR count). The first kappa shape index (κ1) is 21.3. The second kappa shape index (κ2) is 8.87. The Bertz CT molecular complexity index is 1680. The van der Waals surface area contributed by atoms with Crippen molar-refractivity contribution >= 4 is 54.0 Å². The summed E-state index contributed by atoms with van der Waals surface area (Å²) in [6.45, 7) is 0. The number of hydrogen-bond acceptors (Lipinski definition) is 2. The second-order valence-corrected chi connectivity index (χ2v) is 12.1. The van der Waals surface area contributed by atoms with Crippen LogP contribution < -0.4 is 0 Å². The SMILES string of the molecule is O=[N+]([O-])c1ccccc1-c1ccc2cc[se]c2c1.c1ccc2c(c1)Cc1c-2ccc2cc[se]c12. The van der Waals surface area contributed by atoms with Crippen LogP contribution in [0.2, 0.25) is 0 Å². The van der Waals surface area contributed by atoms with Crippen LogP contribution in [-0.4, -0.2) is 33.9 Å². The number of para-hydroxylation sites is 1. The van der Waals surface area contributed by atoms with Gasteiger partial charge < -0.3 is 0 Å². The van der Waals surface area contributed by atoms with E-state index in [1.54, 1.807) is 28.0 Å². The molecule has 0 bridgehead atoms. The maximum absolute atomic E-state index is 11.0. The molecule has 0 spiro atoms. The van der Waals surface area contributed by atoms with E-state index in [9.17, 15) is 10.1 Å². The molecule has 3 nitrogen and oxygen atoms in total. The summed E-state index contributed by atoms with van der Waals surface area (Å²) in [7, 11) is 0. The molecule has 0 unspecified atom stereocenters. The van der Waals surface area contributed by atoms with Gasteiger partial charge in [0.15, 0.2) is 0 Å². The van der Waals surface area contributed by atoms with Crippen molar-refractivity contribution in [3.8, 4) is 22.3 Å². The molecule has 2 aromatic heterocycles. The Morgan fingerprint density at radius 3 is 2.32 bits per heavy atom. The van der Waals surface area contributed by atoms with E-state index < -0.39 is 0 Å². The summed E-state index contributed by atoms with van der Waals surface area (Å²) in [4.78, 5) is 15.2. The standard InChI is InChI=1S/C15H10Se.C14H9NO2Se/c1-2-4-12-11(3-1)9-14-13(12)6-5-10-7-8-16-15(10)14;16-15(17)13-4-2-1-3-12(13)11-6-5-10-7-8-18-14(10)9-11/h1-8H,9H2;1-9H. The minimum absolute atomic E-state index is 0.163. The van der Waals surface area contributed by atoms with Crippen LogP contribution in [-0.2, 0) is 6.42 Å². The van der Waals surface area contributed by atoms with Gasteiger partial charge in [0, 0.05) is 0 Å². The average molecular weight is 571 g/mol. The zero-order chi connectivity index (χ0) is 23.1. The fraction of sp³-hybridized carbons (Fsp3) is 0.0345. The van der Waals surface area contributed by atoms with Crippen molar-refractivity contribution in [2.24, 2.45) is 0 Å². The molecule has 1 aliphatic carbocycles. The van der Waals surface area contributed by atoms with Gasteiger partial charge in [-0.25, -0.2) is 0 Å². The Kier molecular flexibility index (Phi) is 5.56. The number of nitrogens with zero attached hydrogens (tertiary/aromatic N) is 1. The molecule has 0 aliphatic heterocycles. The number of rotatable bonds is 2. The summed E-state index contributed by atoms with van der Waals surface area (Å²) in [6, 6.07) is 30.7. The molecular weight excluding hydrogens is 552 g/mol. The second-order valence-electron chi connectivity index (χ2n) is 8.21. The third-order valence-electron chi connectivity index (χ3n) is 6.27. The van der Waals surface area contributed by atoms with Crippen molar-refractivity contribution in [1.29, 1.82) is 0 Å². The summed E-state index contributed by atoms with van der Waals surface area (Å²) < 4.78 is 2.90. The number of nitro groups is 1. The molecule has 0 saturated carbocycles. The van der Waals surface area contributed by atoms with Crippen LogP contribution in [0.3, 0.4) is 0 Å². The van der Waals surface area contributed by atoms with Crippen molar-refractivity contribution < 1.29 is 4.92 Å². The zero-order valence-electron chi connectivity index (χ0n) is 18.1. The summed E-state index contributed by atoms with van der Waals surface area (Å²) in [5.41, 5.74) is 7.77. The van der Waals surface area contributed by atoms with Gasteiger partial charge in [-0.05, 0) is 0 Å². The van der Waals surface area contributed by atoms with E-state index in [0.29, 0.717) is 34.6 Å². The first-order valence-corrected chi connectivity index (χ1v) is 14.7. The first-order valence-electron chi connectivity index (χ1n) is 11.0. The molecule has 1 aliphatic rings. The predicted molar refractivity (Wildman–Crippen MR) is 142 cm³/mol. The molecule has 6 aromatic rings. The van der Waals surface area contributed by atoms with Gasteiger partial charge in [0.05, 0.1) is 0 Å². The molecule has 0 N–H and O–H groups in total. The zero-order valence-corrected chi connectivity index (χ0v) is 21.5. The monoisotopic (exact) mass is 573 g/mol. The van der Waals surface area contributed by atoms with Gasteiger partial charge in [0.25, 0.3) is 0 Å². The van der Waals surface area contributed by atoms with Crippen LogP contribution in [0.4, 0.5) is 5.69 Å². The normalized spacial score (nSPS) is 11.6. The Hall–Kier alpha value is -3.20. The van der Waals surface area contributed by atoms with E-state index in [2.05, 4.69) is 64.5 Å². The molecule has 0 saturated heterocycles. The summed E-state index contributed by atoms with van der Waals surface area (Å²) in [5.74, 6) is 0. The van der Waals surface area contributed by atoms with Crippen LogP contribution in [0.25, 0.3) is 41.5 Å². The van der Waals surface area contributed by atoms with Crippen LogP contribution in [0.15, 0.2) is 101 Å². The van der Waals surface area contributed by atoms with E-state index in [1.807, 2.05) is 18.2 Å². The van der Waals surface area contributed by atoms with Gasteiger partial charge in [-0.1, -0.05) is 0 Å². The molecule has 2 heterocycles. The fourth-order valence-corrected chi connectivity index (χ4v) is 8.37. The number of nitro benzene ring substituents is 1. The average Bonchev–Trinajstić information content (AvgIpc) is 3.61. The van der Waals surface area contributed by atoms with Gasteiger partial charge in [-0.15, -0.1) is 0 Å². The Morgan fingerprint density at radius 1 is 0.706 bits per heavy atom. The predicted octanol–water partition coefficient (Wildman–Crippen LogP) is 6.94. The molecule has 0 atom stereocenters. The van der Waals surface area contributed by atoms with Crippen molar-refractivity contribution in [3.05, 3.63) is 122 Å². The van der Waals surface area contributed by atoms with Crippen LogP contribution in [0.5, 0.6) is 0 Å². The van der Waals surface area contributed by atoms with Gasteiger partial charge in [-0.3, -0.25) is 0 Å². The van der Waals surface area contributed by atoms with E-state index in [4.69, 9.17) is 0 Å². The summed E-state index contributed by atoms with van der Waals surface area (Å²) in [5, 5.41) is 13.7. The van der Waals surface area contributed by atoms with Crippen molar-refractivity contribution in [2.45, 2.75) is 6.42 Å². The fourth-order valence-electron chi connectivity index (χ4n) is 4.65. The number of benzene rings is 4. The van der Waals surface area contributed by atoms with Crippen LogP contribution in [0, 0.1) is 10.1 Å². The topological polar surface area (TPSA) is 43.1 Å². The van der Waals surface area contributed by atoms with Crippen molar-refractivity contribution in [1.82, 2.24) is 0 Å². The number of hydrogen-bond donors (Lipinski definition) is 0. The molecule has 164 valence electrons. The first-order chi connectivity index (χ1) is 16.7. The Balaban J connectivity index is 0.000000128. The van der Waals surface area contributed by atoms with E-state index >= 15 is 0 Å². The van der Waals surface area contributed by atoms with E-state index in [-0.39, 0.29) is 10.6 Å². The molecule has 4 aromatic carbocycles. The van der Waals surface area contributed by atoms with Gasteiger partial charge in [0.1, 0.15) is 0 Å². The molecule has 5 heteroatoms. The van der Waals surface area contributed by atoms with E-state index in [0.717, 1.165) is 12.0 Å². The quantitative estimate of drug-likeness (QED) is 0.128. The van der Waals surface area contributed by atoms with Crippen LogP contribution in [0.1, 0.15) is 11.1 Å².